The summed E-state index contributed by atoms with van der Waals surface area (Å²) in [5.41, 5.74) is 6.17. The molecule has 112 valence electrons. The zero-order chi connectivity index (χ0) is 15.2. The highest BCUT2D eigenvalue weighted by atomic mass is 32.2. The van der Waals surface area contributed by atoms with Crippen molar-refractivity contribution in [3.05, 3.63) is 23.8 Å². The molecule has 0 amide bonds. The zero-order valence-electron chi connectivity index (χ0n) is 12.7. The summed E-state index contributed by atoms with van der Waals surface area (Å²) in [6, 6.07) is 5.76. The van der Waals surface area contributed by atoms with E-state index in [1.165, 1.54) is 0 Å². The van der Waals surface area contributed by atoms with Crippen LogP contribution in [0.4, 0.5) is 0 Å². The molecule has 1 aromatic carbocycles. The van der Waals surface area contributed by atoms with Crippen molar-refractivity contribution < 1.29 is 9.47 Å². The van der Waals surface area contributed by atoms with Crippen LogP contribution in [0, 0.1) is 5.41 Å². The fraction of sp³-hybridized carbons (Fsp3) is 0.533. The maximum atomic E-state index is 7.75. The molecule has 0 radical (unpaired) electrons. The van der Waals surface area contributed by atoms with Crippen LogP contribution >= 0.6 is 11.8 Å². The van der Waals surface area contributed by atoms with Crippen LogP contribution in [0.3, 0.4) is 0 Å². The summed E-state index contributed by atoms with van der Waals surface area (Å²) in [7, 11) is 1.69. The minimum atomic E-state index is -0.216. The number of nitrogen functional groups attached to an aromatic ring is 1. The molecule has 4 nitrogen and oxygen atoms in total. The van der Waals surface area contributed by atoms with Gasteiger partial charge in [-0.05, 0) is 31.7 Å². The van der Waals surface area contributed by atoms with E-state index in [4.69, 9.17) is 20.6 Å². The van der Waals surface area contributed by atoms with E-state index in [0.29, 0.717) is 17.9 Å². The molecule has 0 aromatic heterocycles. The third kappa shape index (κ3) is 4.72. The van der Waals surface area contributed by atoms with Crippen molar-refractivity contribution in [3.8, 4) is 5.75 Å². The number of rotatable bonds is 8. The van der Waals surface area contributed by atoms with E-state index >= 15 is 0 Å². The van der Waals surface area contributed by atoms with Gasteiger partial charge in [-0.3, -0.25) is 5.41 Å². The first-order valence-electron chi connectivity index (χ1n) is 6.69. The summed E-state index contributed by atoms with van der Waals surface area (Å²) in [5.74, 6) is 1.64. The van der Waals surface area contributed by atoms with E-state index in [9.17, 15) is 0 Å². The van der Waals surface area contributed by atoms with Crippen molar-refractivity contribution in [2.24, 2.45) is 5.73 Å². The molecule has 0 aliphatic rings. The standard InChI is InChI=1S/C15H24N2O2S/c1-5-20-12-8-6-7-11(13(12)14(16)17)19-10-9-15(2,3)18-4/h6-8H,5,9-10H2,1-4H3,(H3,16,17). The molecule has 0 aliphatic heterocycles. The number of methoxy groups -OCH3 is 1. The Morgan fingerprint density at radius 2 is 2.10 bits per heavy atom. The number of nitrogens with two attached hydrogens (primary N) is 1. The molecule has 20 heavy (non-hydrogen) atoms. The van der Waals surface area contributed by atoms with Crippen LogP contribution in [0.25, 0.3) is 0 Å². The molecule has 0 spiro atoms. The van der Waals surface area contributed by atoms with Crippen molar-refractivity contribution in [2.75, 3.05) is 19.5 Å². The highest BCUT2D eigenvalue weighted by Gasteiger charge is 2.17. The average Bonchev–Trinajstić information content (AvgIpc) is 2.39. The van der Waals surface area contributed by atoms with Crippen LogP contribution in [0.5, 0.6) is 5.75 Å². The molecule has 0 fully saturated rings. The monoisotopic (exact) mass is 296 g/mol. The molecule has 0 heterocycles. The van der Waals surface area contributed by atoms with Gasteiger partial charge in [0.15, 0.2) is 0 Å². The number of benzene rings is 1. The number of hydrogen-bond donors (Lipinski definition) is 2. The van der Waals surface area contributed by atoms with Crippen LogP contribution in [0.15, 0.2) is 23.1 Å². The predicted molar refractivity (Wildman–Crippen MR) is 85.1 cm³/mol. The van der Waals surface area contributed by atoms with Crippen LogP contribution in [0.1, 0.15) is 32.8 Å². The van der Waals surface area contributed by atoms with Gasteiger partial charge in [0.05, 0.1) is 17.8 Å². The molecule has 0 saturated heterocycles. The Hall–Kier alpha value is -1.20. The van der Waals surface area contributed by atoms with E-state index in [0.717, 1.165) is 17.1 Å². The van der Waals surface area contributed by atoms with Gasteiger partial charge in [0.25, 0.3) is 0 Å². The summed E-state index contributed by atoms with van der Waals surface area (Å²) < 4.78 is 11.2. The molecule has 5 heteroatoms. The molecule has 1 rings (SSSR count). The van der Waals surface area contributed by atoms with Crippen molar-refractivity contribution >= 4 is 17.6 Å². The topological polar surface area (TPSA) is 68.3 Å². The van der Waals surface area contributed by atoms with E-state index in [1.807, 2.05) is 32.0 Å². The van der Waals surface area contributed by atoms with Gasteiger partial charge in [0.1, 0.15) is 11.6 Å². The summed E-state index contributed by atoms with van der Waals surface area (Å²) in [6.45, 7) is 6.64. The lowest BCUT2D eigenvalue weighted by atomic mass is 10.1. The summed E-state index contributed by atoms with van der Waals surface area (Å²) in [4.78, 5) is 0.989. The Labute approximate surface area is 125 Å². The molecule has 3 N–H and O–H groups in total. The Kier molecular flexibility index (Phi) is 6.36. The molecular formula is C15H24N2O2S. The first-order chi connectivity index (χ1) is 9.41. The second-order valence-corrected chi connectivity index (χ2v) is 6.34. The van der Waals surface area contributed by atoms with E-state index in [-0.39, 0.29) is 11.4 Å². The summed E-state index contributed by atoms with van der Waals surface area (Å²) >= 11 is 1.66. The normalized spacial score (nSPS) is 11.4. The van der Waals surface area contributed by atoms with Crippen LogP contribution < -0.4 is 10.5 Å². The van der Waals surface area contributed by atoms with E-state index < -0.39 is 0 Å². The molecule has 0 aliphatic carbocycles. The van der Waals surface area contributed by atoms with Crippen molar-refractivity contribution in [3.63, 3.8) is 0 Å². The third-order valence-corrected chi connectivity index (χ3v) is 4.01. The average molecular weight is 296 g/mol. The van der Waals surface area contributed by atoms with Crippen molar-refractivity contribution in [1.82, 2.24) is 0 Å². The SMILES string of the molecule is CCSc1cccc(OCCC(C)(C)OC)c1C(=N)N. The number of ether oxygens (including phenoxy) is 2. The molecular weight excluding hydrogens is 272 g/mol. The lowest BCUT2D eigenvalue weighted by molar-refractivity contribution is 0.00542. The van der Waals surface area contributed by atoms with E-state index in [2.05, 4.69) is 6.92 Å². The van der Waals surface area contributed by atoms with Crippen molar-refractivity contribution in [2.45, 2.75) is 37.7 Å². The number of hydrogen-bond acceptors (Lipinski definition) is 4. The van der Waals surface area contributed by atoms with Gasteiger partial charge in [0.2, 0.25) is 0 Å². The molecule has 0 atom stereocenters. The molecule has 0 unspecified atom stereocenters. The predicted octanol–water partition coefficient (Wildman–Crippen LogP) is 3.28. The maximum Gasteiger partial charge on any atom is 0.131 e. The summed E-state index contributed by atoms with van der Waals surface area (Å²) in [5, 5.41) is 7.75. The second kappa shape index (κ2) is 7.55. The Bertz CT molecular complexity index is 461. The lowest BCUT2D eigenvalue weighted by Crippen LogP contribution is -2.25. The Balaban J connectivity index is 2.84. The van der Waals surface area contributed by atoms with Gasteiger partial charge >= 0.3 is 0 Å². The minimum Gasteiger partial charge on any atom is -0.493 e. The second-order valence-electron chi connectivity index (χ2n) is 5.04. The maximum absolute atomic E-state index is 7.75. The lowest BCUT2D eigenvalue weighted by Gasteiger charge is -2.23. The third-order valence-electron chi connectivity index (χ3n) is 3.07. The highest BCUT2D eigenvalue weighted by Crippen LogP contribution is 2.30. The van der Waals surface area contributed by atoms with Gasteiger partial charge in [-0.2, -0.15) is 0 Å². The molecule has 0 bridgehead atoms. The van der Waals surface area contributed by atoms with Gasteiger partial charge in [-0.1, -0.05) is 13.0 Å². The zero-order valence-corrected chi connectivity index (χ0v) is 13.5. The fourth-order valence-electron chi connectivity index (χ4n) is 1.68. The van der Waals surface area contributed by atoms with Gasteiger partial charge in [-0.25, -0.2) is 0 Å². The quantitative estimate of drug-likeness (QED) is 0.439. The smallest absolute Gasteiger partial charge is 0.131 e. The van der Waals surface area contributed by atoms with Crippen LogP contribution in [0.2, 0.25) is 0 Å². The summed E-state index contributed by atoms with van der Waals surface area (Å²) in [6.07, 6.45) is 0.770. The first kappa shape index (κ1) is 16.9. The Morgan fingerprint density at radius 3 is 2.65 bits per heavy atom. The number of nitrogens with one attached hydrogen (secondary N) is 1. The number of thioether (sulfide) groups is 1. The van der Waals surface area contributed by atoms with Gasteiger partial charge in [0, 0.05) is 18.4 Å². The van der Waals surface area contributed by atoms with Gasteiger partial charge in [-0.15, -0.1) is 11.8 Å². The Morgan fingerprint density at radius 1 is 1.40 bits per heavy atom. The largest absolute Gasteiger partial charge is 0.493 e. The van der Waals surface area contributed by atoms with Crippen molar-refractivity contribution in [1.29, 1.82) is 5.41 Å². The molecule has 1 aromatic rings. The van der Waals surface area contributed by atoms with Gasteiger partial charge < -0.3 is 15.2 Å². The highest BCUT2D eigenvalue weighted by molar-refractivity contribution is 7.99. The number of amidine groups is 1. The van der Waals surface area contributed by atoms with Crippen LogP contribution in [-0.4, -0.2) is 30.9 Å². The minimum absolute atomic E-state index is 0.0440. The molecule has 0 saturated carbocycles. The van der Waals surface area contributed by atoms with E-state index in [1.54, 1.807) is 18.9 Å². The van der Waals surface area contributed by atoms with Crippen LogP contribution in [-0.2, 0) is 4.74 Å². The first-order valence-corrected chi connectivity index (χ1v) is 7.68. The fourth-order valence-corrected chi connectivity index (χ4v) is 2.52.